The lowest BCUT2D eigenvalue weighted by Crippen LogP contribution is -2.26. The number of hydrogen-bond acceptors (Lipinski definition) is 6. The summed E-state index contributed by atoms with van der Waals surface area (Å²) in [6.07, 6.45) is 2.56. The summed E-state index contributed by atoms with van der Waals surface area (Å²) in [5.74, 6) is 1.35. The molecule has 2 heterocycles. The molecule has 0 amide bonds. The highest BCUT2D eigenvalue weighted by molar-refractivity contribution is 7.98. The van der Waals surface area contributed by atoms with Crippen molar-refractivity contribution in [3.8, 4) is 5.69 Å². The maximum atomic E-state index is 9.51. The SMILES string of the molecule is CSc1nn(-c2c(Cl)cc(Cl)cc2Cl)c2nc(C)nc(N(CCCO)Cc3ccccc3)c12. The molecule has 2 aromatic heterocycles. The van der Waals surface area contributed by atoms with Crippen LogP contribution in [0.15, 0.2) is 47.5 Å². The van der Waals surface area contributed by atoms with E-state index in [1.54, 1.807) is 16.8 Å². The fourth-order valence-electron chi connectivity index (χ4n) is 3.67. The van der Waals surface area contributed by atoms with Gasteiger partial charge < -0.3 is 10.0 Å². The fourth-order valence-corrected chi connectivity index (χ4v) is 5.19. The second-order valence-electron chi connectivity index (χ2n) is 7.42. The van der Waals surface area contributed by atoms with Crippen LogP contribution in [0.5, 0.6) is 0 Å². The molecule has 33 heavy (non-hydrogen) atoms. The lowest BCUT2D eigenvalue weighted by Gasteiger charge is -2.25. The smallest absolute Gasteiger partial charge is 0.170 e. The molecule has 0 fully saturated rings. The molecule has 0 atom stereocenters. The Kier molecular flexibility index (Phi) is 7.66. The van der Waals surface area contributed by atoms with Crippen molar-refractivity contribution in [3.63, 3.8) is 0 Å². The van der Waals surface area contributed by atoms with E-state index in [-0.39, 0.29) is 6.61 Å². The molecular weight excluding hydrogens is 501 g/mol. The Balaban J connectivity index is 1.94. The van der Waals surface area contributed by atoms with Crippen LogP contribution < -0.4 is 4.90 Å². The molecule has 4 rings (SSSR count). The maximum Gasteiger partial charge on any atom is 0.170 e. The summed E-state index contributed by atoms with van der Waals surface area (Å²) in [6.45, 7) is 3.19. The van der Waals surface area contributed by atoms with E-state index in [0.29, 0.717) is 51.7 Å². The van der Waals surface area contributed by atoms with Crippen LogP contribution in [-0.4, -0.2) is 44.3 Å². The molecule has 10 heteroatoms. The molecule has 0 radical (unpaired) electrons. The highest BCUT2D eigenvalue weighted by Crippen LogP contribution is 2.38. The zero-order chi connectivity index (χ0) is 23.5. The Hall–Kier alpha value is -2.03. The average molecular weight is 523 g/mol. The third kappa shape index (κ3) is 5.08. The van der Waals surface area contributed by atoms with Gasteiger partial charge >= 0.3 is 0 Å². The summed E-state index contributed by atoms with van der Waals surface area (Å²) in [5.41, 5.74) is 2.26. The Labute approximate surface area is 211 Å². The molecule has 2 aromatic carbocycles. The van der Waals surface area contributed by atoms with Gasteiger partial charge in [0.1, 0.15) is 22.4 Å². The molecule has 0 aliphatic heterocycles. The first-order valence-electron chi connectivity index (χ1n) is 10.3. The van der Waals surface area contributed by atoms with Gasteiger partial charge in [0, 0.05) is 24.7 Å². The number of aryl methyl sites for hydroxylation is 1. The number of aromatic nitrogens is 4. The highest BCUT2D eigenvalue weighted by atomic mass is 35.5. The van der Waals surface area contributed by atoms with Gasteiger partial charge in [-0.1, -0.05) is 65.1 Å². The topological polar surface area (TPSA) is 67.1 Å². The van der Waals surface area contributed by atoms with Gasteiger partial charge in [0.15, 0.2) is 5.65 Å². The molecule has 0 aliphatic carbocycles. The predicted octanol–water partition coefficient (Wildman–Crippen LogP) is 6.20. The molecular formula is C23H22Cl3N5OS. The second kappa shape index (κ2) is 10.5. The Bertz CT molecular complexity index is 1260. The molecule has 0 spiro atoms. The largest absolute Gasteiger partial charge is 0.396 e. The van der Waals surface area contributed by atoms with Gasteiger partial charge in [-0.15, -0.1) is 11.8 Å². The lowest BCUT2D eigenvalue weighted by atomic mass is 10.2. The Morgan fingerprint density at radius 3 is 2.39 bits per heavy atom. The van der Waals surface area contributed by atoms with Gasteiger partial charge in [-0.05, 0) is 37.3 Å². The Morgan fingerprint density at radius 2 is 1.76 bits per heavy atom. The minimum atomic E-state index is 0.0864. The lowest BCUT2D eigenvalue weighted by molar-refractivity contribution is 0.289. The number of rotatable bonds is 8. The van der Waals surface area contributed by atoms with Crippen molar-refractivity contribution >= 4 is 63.4 Å². The summed E-state index contributed by atoms with van der Waals surface area (Å²) in [5, 5.41) is 17.1. The van der Waals surface area contributed by atoms with Gasteiger partial charge in [-0.2, -0.15) is 5.10 Å². The van der Waals surface area contributed by atoms with Crippen molar-refractivity contribution in [1.29, 1.82) is 0 Å². The normalized spacial score (nSPS) is 11.3. The molecule has 0 saturated heterocycles. The van der Waals surface area contributed by atoms with Crippen LogP contribution in [0.4, 0.5) is 5.82 Å². The first-order valence-corrected chi connectivity index (χ1v) is 12.6. The number of benzene rings is 2. The minimum Gasteiger partial charge on any atom is -0.396 e. The molecule has 172 valence electrons. The van der Waals surface area contributed by atoms with Gasteiger partial charge in [0.05, 0.1) is 15.4 Å². The van der Waals surface area contributed by atoms with E-state index in [0.717, 1.165) is 21.8 Å². The third-order valence-corrected chi connectivity index (χ3v) is 6.54. The summed E-state index contributed by atoms with van der Waals surface area (Å²) < 4.78 is 1.66. The van der Waals surface area contributed by atoms with Crippen molar-refractivity contribution in [2.45, 2.75) is 24.9 Å². The van der Waals surface area contributed by atoms with Gasteiger partial charge in [0.25, 0.3) is 0 Å². The van der Waals surface area contributed by atoms with Crippen molar-refractivity contribution in [2.75, 3.05) is 24.3 Å². The maximum absolute atomic E-state index is 9.51. The van der Waals surface area contributed by atoms with E-state index in [1.165, 1.54) is 11.8 Å². The number of halogens is 3. The van der Waals surface area contributed by atoms with Gasteiger partial charge in [-0.25, -0.2) is 14.6 Å². The van der Waals surface area contributed by atoms with Gasteiger partial charge in [0.2, 0.25) is 0 Å². The molecule has 0 aliphatic rings. The number of anilines is 1. The van der Waals surface area contributed by atoms with Crippen molar-refractivity contribution < 1.29 is 5.11 Å². The van der Waals surface area contributed by atoms with E-state index >= 15 is 0 Å². The first-order chi connectivity index (χ1) is 15.9. The van der Waals surface area contributed by atoms with Crippen LogP contribution in [0.2, 0.25) is 15.1 Å². The first kappa shape index (κ1) is 24.1. The summed E-state index contributed by atoms with van der Waals surface area (Å²) in [4.78, 5) is 11.7. The highest BCUT2D eigenvalue weighted by Gasteiger charge is 2.24. The van der Waals surface area contributed by atoms with Crippen molar-refractivity contribution in [1.82, 2.24) is 19.7 Å². The van der Waals surface area contributed by atoms with Crippen LogP contribution in [0, 0.1) is 6.92 Å². The van der Waals surface area contributed by atoms with Crippen LogP contribution >= 0.6 is 46.6 Å². The van der Waals surface area contributed by atoms with Crippen LogP contribution in [0.3, 0.4) is 0 Å². The summed E-state index contributed by atoms with van der Waals surface area (Å²) in [7, 11) is 0. The average Bonchev–Trinajstić information content (AvgIpc) is 3.14. The van der Waals surface area contributed by atoms with E-state index in [9.17, 15) is 5.11 Å². The van der Waals surface area contributed by atoms with E-state index in [4.69, 9.17) is 49.9 Å². The second-order valence-corrected chi connectivity index (χ2v) is 9.46. The summed E-state index contributed by atoms with van der Waals surface area (Å²) >= 11 is 20.7. The van der Waals surface area contributed by atoms with Crippen molar-refractivity contribution in [2.24, 2.45) is 0 Å². The predicted molar refractivity (Wildman–Crippen MR) is 137 cm³/mol. The van der Waals surface area contributed by atoms with E-state index < -0.39 is 0 Å². The van der Waals surface area contributed by atoms with Crippen LogP contribution in [0.1, 0.15) is 17.8 Å². The number of hydrogen-bond donors (Lipinski definition) is 1. The number of thioether (sulfide) groups is 1. The molecule has 6 nitrogen and oxygen atoms in total. The molecule has 0 saturated carbocycles. The molecule has 0 unspecified atom stereocenters. The number of fused-ring (bicyclic) bond motifs is 1. The number of aliphatic hydroxyl groups excluding tert-OH is 1. The zero-order valence-electron chi connectivity index (χ0n) is 18.1. The zero-order valence-corrected chi connectivity index (χ0v) is 21.2. The van der Waals surface area contributed by atoms with Crippen molar-refractivity contribution in [3.05, 3.63) is 68.9 Å². The van der Waals surface area contributed by atoms with Crippen LogP contribution in [0.25, 0.3) is 16.7 Å². The molecule has 0 bridgehead atoms. The number of nitrogens with zero attached hydrogens (tertiary/aromatic N) is 5. The third-order valence-electron chi connectivity index (χ3n) is 5.08. The Morgan fingerprint density at radius 1 is 1.06 bits per heavy atom. The quantitative estimate of drug-likeness (QED) is 0.278. The van der Waals surface area contributed by atoms with E-state index in [1.807, 2.05) is 31.4 Å². The fraction of sp³-hybridized carbons (Fsp3) is 0.261. The van der Waals surface area contributed by atoms with Gasteiger partial charge in [-0.3, -0.25) is 0 Å². The molecule has 1 N–H and O–H groups in total. The minimum absolute atomic E-state index is 0.0864. The monoisotopic (exact) mass is 521 g/mol. The standard InChI is InChI=1S/C23H22Cl3N5OS/c1-14-27-21(30(9-6-10-32)13-15-7-4-3-5-8-15)19-22(28-14)31(29-23(19)33-2)20-17(25)11-16(24)12-18(20)26/h3-5,7-8,11-12,32H,6,9-10,13H2,1-2H3. The van der Waals surface area contributed by atoms with Crippen LogP contribution in [-0.2, 0) is 6.54 Å². The number of aliphatic hydroxyl groups is 1. The molecule has 4 aromatic rings. The van der Waals surface area contributed by atoms with E-state index in [2.05, 4.69) is 17.0 Å². The summed E-state index contributed by atoms with van der Waals surface area (Å²) in [6, 6.07) is 13.4.